The molecule has 2 rings (SSSR count). The Balaban J connectivity index is 2.47. The highest BCUT2D eigenvalue weighted by Gasteiger charge is 2.13. The first kappa shape index (κ1) is 13.2. The fraction of sp³-hybridized carbons (Fsp3) is 0.417. The molecule has 0 radical (unpaired) electrons. The van der Waals surface area contributed by atoms with Crippen LogP contribution in [-0.4, -0.2) is 28.0 Å². The van der Waals surface area contributed by atoms with Gasteiger partial charge in [-0.2, -0.15) is 15.0 Å². The van der Waals surface area contributed by atoms with Gasteiger partial charge in [0.25, 0.3) is 0 Å². The van der Waals surface area contributed by atoms with Gasteiger partial charge in [-0.15, -0.1) is 11.3 Å². The van der Waals surface area contributed by atoms with Crippen LogP contribution >= 0.6 is 22.9 Å². The summed E-state index contributed by atoms with van der Waals surface area (Å²) in [4.78, 5) is 16.1. The Labute approximate surface area is 116 Å². The van der Waals surface area contributed by atoms with Crippen LogP contribution in [0, 0.1) is 6.92 Å². The first-order valence-electron chi connectivity index (χ1n) is 5.86. The molecular formula is C12H15ClN4S. The maximum atomic E-state index is 5.99. The van der Waals surface area contributed by atoms with Gasteiger partial charge >= 0.3 is 0 Å². The predicted octanol–water partition coefficient (Wildman–Crippen LogP) is 3.41. The van der Waals surface area contributed by atoms with Crippen molar-refractivity contribution in [1.29, 1.82) is 0 Å². The van der Waals surface area contributed by atoms with Crippen molar-refractivity contribution < 1.29 is 0 Å². The Kier molecular flexibility index (Phi) is 4.14. The Bertz CT molecular complexity index is 537. The molecule has 0 N–H and O–H groups in total. The van der Waals surface area contributed by atoms with Crippen LogP contribution in [0.25, 0.3) is 11.4 Å². The Morgan fingerprint density at radius 1 is 1.22 bits per heavy atom. The van der Waals surface area contributed by atoms with Gasteiger partial charge in [-0.25, -0.2) is 0 Å². The van der Waals surface area contributed by atoms with E-state index in [9.17, 15) is 0 Å². The average molecular weight is 283 g/mol. The number of thiophene rings is 1. The lowest BCUT2D eigenvalue weighted by molar-refractivity contribution is 0.813. The van der Waals surface area contributed by atoms with Gasteiger partial charge in [0.15, 0.2) is 5.82 Å². The molecule has 2 aromatic heterocycles. The van der Waals surface area contributed by atoms with E-state index < -0.39 is 0 Å². The third kappa shape index (κ3) is 2.62. The molecule has 0 aliphatic rings. The highest BCUT2D eigenvalue weighted by molar-refractivity contribution is 7.10. The molecule has 0 aliphatic heterocycles. The third-order valence-electron chi connectivity index (χ3n) is 2.74. The van der Waals surface area contributed by atoms with Crippen LogP contribution in [0.5, 0.6) is 0 Å². The predicted molar refractivity (Wildman–Crippen MR) is 76.4 cm³/mol. The minimum Gasteiger partial charge on any atom is -0.341 e. The molecule has 0 bridgehead atoms. The van der Waals surface area contributed by atoms with E-state index >= 15 is 0 Å². The van der Waals surface area contributed by atoms with E-state index in [4.69, 9.17) is 11.6 Å². The summed E-state index contributed by atoms with van der Waals surface area (Å²) in [5, 5.41) is 2.27. The minimum absolute atomic E-state index is 0.243. The summed E-state index contributed by atoms with van der Waals surface area (Å²) in [6, 6.07) is 2.01. The standard InChI is InChI=1S/C12H15ClN4S/c1-4-17(5-2)12-15-10(14-11(13)16-12)9-6-7-18-8(9)3/h6-7H,4-5H2,1-3H3. The molecule has 0 spiro atoms. The monoisotopic (exact) mass is 282 g/mol. The molecule has 18 heavy (non-hydrogen) atoms. The van der Waals surface area contributed by atoms with E-state index in [1.165, 1.54) is 4.88 Å². The Hall–Kier alpha value is -1.20. The summed E-state index contributed by atoms with van der Waals surface area (Å²) < 4.78 is 0. The van der Waals surface area contributed by atoms with E-state index in [0.29, 0.717) is 11.8 Å². The lowest BCUT2D eigenvalue weighted by Gasteiger charge is -2.18. The number of aryl methyl sites for hydroxylation is 1. The summed E-state index contributed by atoms with van der Waals surface area (Å²) in [6.07, 6.45) is 0. The fourth-order valence-corrected chi connectivity index (χ4v) is 2.58. The zero-order valence-electron chi connectivity index (χ0n) is 10.6. The second-order valence-electron chi connectivity index (χ2n) is 3.79. The largest absolute Gasteiger partial charge is 0.341 e. The zero-order valence-corrected chi connectivity index (χ0v) is 12.2. The van der Waals surface area contributed by atoms with E-state index in [0.717, 1.165) is 18.7 Å². The summed E-state index contributed by atoms with van der Waals surface area (Å²) in [5.74, 6) is 1.29. The number of hydrogen-bond donors (Lipinski definition) is 0. The molecule has 0 amide bonds. The van der Waals surface area contributed by atoms with Gasteiger partial charge in [-0.1, -0.05) is 0 Å². The average Bonchev–Trinajstić information content (AvgIpc) is 2.76. The molecule has 2 aromatic rings. The molecule has 0 saturated heterocycles. The van der Waals surface area contributed by atoms with Gasteiger partial charge in [0.05, 0.1) is 0 Å². The van der Waals surface area contributed by atoms with Crippen LogP contribution in [0.15, 0.2) is 11.4 Å². The summed E-state index contributed by atoms with van der Waals surface area (Å²) >= 11 is 7.67. The van der Waals surface area contributed by atoms with Gasteiger partial charge in [-0.3, -0.25) is 0 Å². The number of nitrogens with zero attached hydrogens (tertiary/aromatic N) is 4. The number of anilines is 1. The van der Waals surface area contributed by atoms with E-state index in [1.807, 2.05) is 11.4 Å². The second-order valence-corrected chi connectivity index (χ2v) is 5.25. The van der Waals surface area contributed by atoms with Crippen molar-refractivity contribution in [3.05, 3.63) is 21.6 Å². The Morgan fingerprint density at radius 2 is 1.94 bits per heavy atom. The van der Waals surface area contributed by atoms with E-state index in [-0.39, 0.29) is 5.28 Å². The van der Waals surface area contributed by atoms with Gasteiger partial charge in [0, 0.05) is 23.5 Å². The van der Waals surface area contributed by atoms with Crippen molar-refractivity contribution in [3.63, 3.8) is 0 Å². The molecule has 0 fully saturated rings. The lowest BCUT2D eigenvalue weighted by atomic mass is 10.2. The molecule has 0 aromatic carbocycles. The molecule has 96 valence electrons. The van der Waals surface area contributed by atoms with Crippen LogP contribution in [0.2, 0.25) is 5.28 Å². The lowest BCUT2D eigenvalue weighted by Crippen LogP contribution is -2.24. The SMILES string of the molecule is CCN(CC)c1nc(Cl)nc(-c2ccsc2C)n1. The number of halogens is 1. The number of hydrogen-bond acceptors (Lipinski definition) is 5. The number of aromatic nitrogens is 3. The molecule has 0 unspecified atom stereocenters. The molecule has 6 heteroatoms. The van der Waals surface area contributed by atoms with Crippen molar-refractivity contribution in [2.75, 3.05) is 18.0 Å². The van der Waals surface area contributed by atoms with Crippen molar-refractivity contribution in [2.24, 2.45) is 0 Å². The van der Waals surface area contributed by atoms with Crippen LogP contribution in [0.4, 0.5) is 5.95 Å². The first-order valence-corrected chi connectivity index (χ1v) is 7.12. The molecular weight excluding hydrogens is 268 g/mol. The molecule has 0 saturated carbocycles. The first-order chi connectivity index (χ1) is 8.65. The fourth-order valence-electron chi connectivity index (χ4n) is 1.72. The second kappa shape index (κ2) is 5.63. The van der Waals surface area contributed by atoms with Crippen LogP contribution in [0.1, 0.15) is 18.7 Å². The zero-order chi connectivity index (χ0) is 13.1. The maximum Gasteiger partial charge on any atom is 0.230 e. The summed E-state index contributed by atoms with van der Waals surface area (Å²) in [6.45, 7) is 7.87. The highest BCUT2D eigenvalue weighted by atomic mass is 35.5. The smallest absolute Gasteiger partial charge is 0.230 e. The normalized spacial score (nSPS) is 10.7. The molecule has 0 aliphatic carbocycles. The topological polar surface area (TPSA) is 41.9 Å². The highest BCUT2D eigenvalue weighted by Crippen LogP contribution is 2.26. The summed E-state index contributed by atoms with van der Waals surface area (Å²) in [5.41, 5.74) is 1.03. The third-order valence-corrected chi connectivity index (χ3v) is 3.76. The molecule has 4 nitrogen and oxygen atoms in total. The van der Waals surface area contributed by atoms with Crippen molar-refractivity contribution >= 4 is 28.9 Å². The van der Waals surface area contributed by atoms with Crippen molar-refractivity contribution in [3.8, 4) is 11.4 Å². The van der Waals surface area contributed by atoms with Crippen molar-refractivity contribution in [1.82, 2.24) is 15.0 Å². The van der Waals surface area contributed by atoms with E-state index in [2.05, 4.69) is 40.6 Å². The maximum absolute atomic E-state index is 5.99. The van der Waals surface area contributed by atoms with Gasteiger partial charge < -0.3 is 4.90 Å². The summed E-state index contributed by atoms with van der Waals surface area (Å²) in [7, 11) is 0. The minimum atomic E-state index is 0.243. The van der Waals surface area contributed by atoms with Gasteiger partial charge in [0.2, 0.25) is 11.2 Å². The Morgan fingerprint density at radius 3 is 2.50 bits per heavy atom. The van der Waals surface area contributed by atoms with Gasteiger partial charge in [-0.05, 0) is 43.8 Å². The van der Waals surface area contributed by atoms with E-state index in [1.54, 1.807) is 11.3 Å². The van der Waals surface area contributed by atoms with Crippen LogP contribution in [-0.2, 0) is 0 Å². The van der Waals surface area contributed by atoms with Gasteiger partial charge in [0.1, 0.15) is 0 Å². The quantitative estimate of drug-likeness (QED) is 0.862. The van der Waals surface area contributed by atoms with Crippen molar-refractivity contribution in [2.45, 2.75) is 20.8 Å². The molecule has 2 heterocycles. The van der Waals surface area contributed by atoms with Crippen LogP contribution < -0.4 is 4.90 Å². The molecule has 0 atom stereocenters. The number of rotatable bonds is 4. The van der Waals surface area contributed by atoms with Crippen LogP contribution in [0.3, 0.4) is 0 Å².